The third-order valence-corrected chi connectivity index (χ3v) is 2.59. The van der Waals surface area contributed by atoms with Gasteiger partial charge in [-0.25, -0.2) is 0 Å². The maximum absolute atomic E-state index is 11.1. The molecule has 0 fully saturated rings. The number of aliphatic carboxylic acids is 1. The molecule has 0 radical (unpaired) electrons. The van der Waals surface area contributed by atoms with E-state index in [0.717, 1.165) is 16.5 Å². The Morgan fingerprint density at radius 1 is 1.60 bits per heavy atom. The summed E-state index contributed by atoms with van der Waals surface area (Å²) in [5.74, 6) is -1.26. The molecule has 78 valence electrons. The van der Waals surface area contributed by atoms with Crippen LogP contribution in [-0.4, -0.2) is 21.3 Å². The van der Waals surface area contributed by atoms with E-state index in [1.54, 1.807) is 6.20 Å². The predicted molar refractivity (Wildman–Crippen MR) is 56.8 cm³/mol. The number of hydrogen-bond donors (Lipinski definition) is 2. The Bertz CT molecular complexity index is 490. The van der Waals surface area contributed by atoms with Gasteiger partial charge in [-0.1, -0.05) is 25.1 Å². The largest absolute Gasteiger partial charge is 0.481 e. The minimum atomic E-state index is -0.792. The van der Waals surface area contributed by atoms with E-state index in [4.69, 9.17) is 5.11 Å². The standard InChI is InChI=1S/C11H12N2O2/c1-2-8(11(14)15)9-5-3-4-7-6-12-13-10(7)9/h3-6,8H,2H2,1H3,(H,12,13)(H,14,15). The summed E-state index contributed by atoms with van der Waals surface area (Å²) in [6.45, 7) is 1.87. The van der Waals surface area contributed by atoms with Gasteiger partial charge in [0.1, 0.15) is 0 Å². The van der Waals surface area contributed by atoms with Crippen molar-refractivity contribution in [3.63, 3.8) is 0 Å². The second-order valence-corrected chi connectivity index (χ2v) is 3.48. The molecule has 4 nitrogen and oxygen atoms in total. The van der Waals surface area contributed by atoms with Crippen LogP contribution >= 0.6 is 0 Å². The lowest BCUT2D eigenvalue weighted by atomic mass is 9.95. The summed E-state index contributed by atoms with van der Waals surface area (Å²) in [6.07, 6.45) is 2.28. The molecular formula is C11H12N2O2. The van der Waals surface area contributed by atoms with Crippen molar-refractivity contribution in [1.29, 1.82) is 0 Å². The maximum Gasteiger partial charge on any atom is 0.311 e. The van der Waals surface area contributed by atoms with E-state index < -0.39 is 11.9 Å². The molecule has 0 aliphatic heterocycles. The topological polar surface area (TPSA) is 66.0 Å². The minimum absolute atomic E-state index is 0.464. The molecule has 1 aromatic carbocycles. The lowest BCUT2D eigenvalue weighted by molar-refractivity contribution is -0.138. The first kappa shape index (κ1) is 9.71. The number of hydrogen-bond acceptors (Lipinski definition) is 2. The summed E-state index contributed by atoms with van der Waals surface area (Å²) >= 11 is 0. The normalized spacial score (nSPS) is 12.9. The highest BCUT2D eigenvalue weighted by Gasteiger charge is 2.20. The molecule has 2 N–H and O–H groups in total. The monoisotopic (exact) mass is 204 g/mol. The summed E-state index contributed by atoms with van der Waals surface area (Å²) < 4.78 is 0. The molecule has 1 aromatic heterocycles. The average molecular weight is 204 g/mol. The van der Waals surface area contributed by atoms with Gasteiger partial charge in [0.05, 0.1) is 17.6 Å². The van der Waals surface area contributed by atoms with Gasteiger partial charge in [-0.3, -0.25) is 9.89 Å². The van der Waals surface area contributed by atoms with Gasteiger partial charge in [-0.2, -0.15) is 5.10 Å². The van der Waals surface area contributed by atoms with Crippen LogP contribution < -0.4 is 0 Å². The van der Waals surface area contributed by atoms with Gasteiger partial charge in [0.2, 0.25) is 0 Å². The van der Waals surface area contributed by atoms with Crippen molar-refractivity contribution in [2.75, 3.05) is 0 Å². The van der Waals surface area contributed by atoms with Crippen LogP contribution in [0.1, 0.15) is 24.8 Å². The number of aromatic amines is 1. The minimum Gasteiger partial charge on any atom is -0.481 e. The van der Waals surface area contributed by atoms with E-state index in [-0.39, 0.29) is 0 Å². The number of carboxylic acid groups (broad SMARTS) is 1. The predicted octanol–water partition coefficient (Wildman–Crippen LogP) is 2.14. The highest BCUT2D eigenvalue weighted by molar-refractivity contribution is 5.87. The number of nitrogens with one attached hydrogen (secondary N) is 1. The fourth-order valence-electron chi connectivity index (χ4n) is 1.81. The summed E-state index contributed by atoms with van der Waals surface area (Å²) in [5.41, 5.74) is 1.63. The van der Waals surface area contributed by atoms with Crippen LogP contribution in [0.4, 0.5) is 0 Å². The van der Waals surface area contributed by atoms with E-state index in [1.165, 1.54) is 0 Å². The average Bonchev–Trinajstić information content (AvgIpc) is 2.66. The number of carboxylic acids is 1. The highest BCUT2D eigenvalue weighted by atomic mass is 16.4. The highest BCUT2D eigenvalue weighted by Crippen LogP contribution is 2.26. The summed E-state index contributed by atoms with van der Waals surface area (Å²) in [6, 6.07) is 5.61. The molecule has 1 unspecified atom stereocenters. The smallest absolute Gasteiger partial charge is 0.311 e. The van der Waals surface area contributed by atoms with Crippen LogP contribution in [0, 0.1) is 0 Å². The molecule has 0 aliphatic rings. The van der Waals surface area contributed by atoms with E-state index >= 15 is 0 Å². The van der Waals surface area contributed by atoms with Crippen molar-refractivity contribution in [3.8, 4) is 0 Å². The van der Waals surface area contributed by atoms with Crippen molar-refractivity contribution >= 4 is 16.9 Å². The molecule has 1 heterocycles. The third kappa shape index (κ3) is 1.58. The van der Waals surface area contributed by atoms with Gasteiger partial charge < -0.3 is 5.11 Å². The summed E-state index contributed by atoms with van der Waals surface area (Å²) in [7, 11) is 0. The molecule has 0 saturated heterocycles. The number of benzene rings is 1. The van der Waals surface area contributed by atoms with Gasteiger partial charge in [-0.05, 0) is 12.0 Å². The third-order valence-electron chi connectivity index (χ3n) is 2.59. The second-order valence-electron chi connectivity index (χ2n) is 3.48. The maximum atomic E-state index is 11.1. The molecule has 2 aromatic rings. The van der Waals surface area contributed by atoms with Crippen LogP contribution in [0.2, 0.25) is 0 Å². The number of aromatic nitrogens is 2. The van der Waals surface area contributed by atoms with Gasteiger partial charge in [-0.15, -0.1) is 0 Å². The Morgan fingerprint density at radius 2 is 2.40 bits per heavy atom. The van der Waals surface area contributed by atoms with Crippen molar-refractivity contribution in [1.82, 2.24) is 10.2 Å². The lowest BCUT2D eigenvalue weighted by Crippen LogP contribution is -2.10. The molecule has 4 heteroatoms. The zero-order chi connectivity index (χ0) is 10.8. The number of fused-ring (bicyclic) bond motifs is 1. The molecule has 1 atom stereocenters. The van der Waals surface area contributed by atoms with Crippen LogP contribution in [0.5, 0.6) is 0 Å². The van der Waals surface area contributed by atoms with Crippen LogP contribution in [0.25, 0.3) is 10.9 Å². The van der Waals surface area contributed by atoms with Gasteiger partial charge in [0, 0.05) is 5.39 Å². The molecular weight excluding hydrogens is 192 g/mol. The van der Waals surface area contributed by atoms with E-state index in [2.05, 4.69) is 10.2 Å². The van der Waals surface area contributed by atoms with Crippen molar-refractivity contribution in [3.05, 3.63) is 30.0 Å². The number of nitrogens with zero attached hydrogens (tertiary/aromatic N) is 1. The molecule has 15 heavy (non-hydrogen) atoms. The molecule has 2 rings (SSSR count). The molecule has 0 spiro atoms. The van der Waals surface area contributed by atoms with Crippen LogP contribution in [0.3, 0.4) is 0 Å². The summed E-state index contributed by atoms with van der Waals surface area (Å²) in [5, 5.41) is 16.8. The Kier molecular flexibility index (Phi) is 2.41. The number of carbonyl (C=O) groups is 1. The van der Waals surface area contributed by atoms with Crippen molar-refractivity contribution in [2.24, 2.45) is 0 Å². The zero-order valence-corrected chi connectivity index (χ0v) is 8.40. The van der Waals surface area contributed by atoms with Crippen molar-refractivity contribution in [2.45, 2.75) is 19.3 Å². The van der Waals surface area contributed by atoms with Gasteiger partial charge >= 0.3 is 5.97 Å². The molecule has 0 bridgehead atoms. The SMILES string of the molecule is CCC(C(=O)O)c1cccc2cn[nH]c12. The Hall–Kier alpha value is -1.84. The second kappa shape index (κ2) is 3.73. The first-order chi connectivity index (χ1) is 7.24. The fraction of sp³-hybridized carbons (Fsp3) is 0.273. The van der Waals surface area contributed by atoms with Crippen LogP contribution in [-0.2, 0) is 4.79 Å². The Morgan fingerprint density at radius 3 is 3.07 bits per heavy atom. The van der Waals surface area contributed by atoms with Gasteiger partial charge in [0.15, 0.2) is 0 Å². The van der Waals surface area contributed by atoms with E-state index in [9.17, 15) is 4.79 Å². The van der Waals surface area contributed by atoms with Gasteiger partial charge in [0.25, 0.3) is 0 Å². The van der Waals surface area contributed by atoms with E-state index in [1.807, 2.05) is 25.1 Å². The van der Waals surface area contributed by atoms with Crippen LogP contribution in [0.15, 0.2) is 24.4 Å². The molecule has 0 aliphatic carbocycles. The van der Waals surface area contributed by atoms with Crippen molar-refractivity contribution < 1.29 is 9.90 Å². The Balaban J connectivity index is 2.59. The fourth-order valence-corrected chi connectivity index (χ4v) is 1.81. The number of H-pyrrole nitrogens is 1. The zero-order valence-electron chi connectivity index (χ0n) is 8.40. The summed E-state index contributed by atoms with van der Waals surface area (Å²) in [4.78, 5) is 11.1. The number of rotatable bonds is 3. The quantitative estimate of drug-likeness (QED) is 0.804. The molecule has 0 saturated carbocycles. The first-order valence-corrected chi connectivity index (χ1v) is 4.88. The van der Waals surface area contributed by atoms with E-state index in [0.29, 0.717) is 6.42 Å². The Labute approximate surface area is 86.9 Å². The lowest BCUT2D eigenvalue weighted by Gasteiger charge is -2.10. The molecule has 0 amide bonds. The first-order valence-electron chi connectivity index (χ1n) is 4.88. The number of para-hydroxylation sites is 1.